The van der Waals surface area contributed by atoms with Gasteiger partial charge in [-0.3, -0.25) is 0 Å². The fraction of sp³-hybridized carbons (Fsp3) is 0.400. The average molecular weight is 437 g/mol. The molecule has 1 aliphatic heterocycles. The molecule has 3 rings (SSSR count). The number of hydrogen-bond donors (Lipinski definition) is 0. The molecule has 0 unspecified atom stereocenters. The van der Waals surface area contributed by atoms with Crippen LogP contribution < -0.4 is 4.90 Å². The molecule has 1 fully saturated rings. The molecule has 1 aliphatic rings. The van der Waals surface area contributed by atoms with E-state index in [2.05, 4.69) is 52.9 Å². The molecule has 26 heavy (non-hydrogen) atoms. The Balaban J connectivity index is 1.82. The summed E-state index contributed by atoms with van der Waals surface area (Å²) in [5.74, 6) is 0. The van der Waals surface area contributed by atoms with E-state index in [9.17, 15) is 8.42 Å². The number of rotatable bonds is 3. The summed E-state index contributed by atoms with van der Waals surface area (Å²) in [6.07, 6.45) is 0. The summed E-state index contributed by atoms with van der Waals surface area (Å²) >= 11 is 3.44. The fourth-order valence-corrected chi connectivity index (χ4v) is 6.17. The first-order valence-electron chi connectivity index (χ1n) is 8.80. The molecule has 0 saturated carbocycles. The summed E-state index contributed by atoms with van der Waals surface area (Å²) in [7, 11) is -3.50. The Morgan fingerprint density at radius 2 is 1.38 bits per heavy atom. The van der Waals surface area contributed by atoms with Crippen LogP contribution in [0.1, 0.15) is 22.3 Å². The van der Waals surface area contributed by atoms with Gasteiger partial charge in [-0.05, 0) is 78.0 Å². The van der Waals surface area contributed by atoms with Crippen LogP contribution in [0.25, 0.3) is 0 Å². The standard InChI is InChI=1S/C20H25BrN2O2S/c1-14-6-5-7-15(2)20(14)22-8-10-23(11-9-22)26(24,25)19-13-17(4)16(3)12-18(19)21/h5-7,12-13H,8-11H2,1-4H3. The highest BCUT2D eigenvalue weighted by Gasteiger charge is 2.31. The summed E-state index contributed by atoms with van der Waals surface area (Å²) in [6, 6.07) is 9.93. The maximum atomic E-state index is 13.1. The Morgan fingerprint density at radius 3 is 1.96 bits per heavy atom. The van der Waals surface area contributed by atoms with Crippen molar-refractivity contribution in [2.75, 3.05) is 31.1 Å². The largest absolute Gasteiger partial charge is 0.368 e. The monoisotopic (exact) mass is 436 g/mol. The normalized spacial score (nSPS) is 16.1. The molecule has 0 aliphatic carbocycles. The lowest BCUT2D eigenvalue weighted by Gasteiger charge is -2.37. The van der Waals surface area contributed by atoms with Gasteiger partial charge in [-0.15, -0.1) is 0 Å². The Hall–Kier alpha value is -1.37. The number of halogens is 1. The number of anilines is 1. The molecule has 0 N–H and O–H groups in total. The molecule has 0 amide bonds. The van der Waals surface area contributed by atoms with Crippen molar-refractivity contribution in [3.8, 4) is 0 Å². The molecule has 140 valence electrons. The van der Waals surface area contributed by atoms with Gasteiger partial charge in [0.1, 0.15) is 0 Å². The molecular formula is C20H25BrN2O2S. The van der Waals surface area contributed by atoms with Crippen molar-refractivity contribution >= 4 is 31.6 Å². The van der Waals surface area contributed by atoms with Gasteiger partial charge in [0.25, 0.3) is 0 Å². The number of hydrogen-bond acceptors (Lipinski definition) is 3. The summed E-state index contributed by atoms with van der Waals surface area (Å²) in [5.41, 5.74) is 5.77. The van der Waals surface area contributed by atoms with Crippen molar-refractivity contribution in [3.63, 3.8) is 0 Å². The first-order valence-corrected chi connectivity index (χ1v) is 11.0. The molecule has 1 saturated heterocycles. The van der Waals surface area contributed by atoms with Crippen LogP contribution in [-0.2, 0) is 10.0 Å². The van der Waals surface area contributed by atoms with Crippen LogP contribution in [0, 0.1) is 27.7 Å². The average Bonchev–Trinajstić information content (AvgIpc) is 2.58. The molecule has 0 bridgehead atoms. The van der Waals surface area contributed by atoms with Crippen LogP contribution in [0.2, 0.25) is 0 Å². The molecule has 0 aromatic heterocycles. The second kappa shape index (κ2) is 7.33. The van der Waals surface area contributed by atoms with Crippen molar-refractivity contribution in [1.29, 1.82) is 0 Å². The zero-order chi connectivity index (χ0) is 19.1. The number of sulfonamides is 1. The minimum absolute atomic E-state index is 0.362. The predicted molar refractivity (Wildman–Crippen MR) is 111 cm³/mol. The molecule has 2 aromatic rings. The van der Waals surface area contributed by atoms with Gasteiger partial charge in [0.2, 0.25) is 10.0 Å². The quantitative estimate of drug-likeness (QED) is 0.723. The van der Waals surface area contributed by atoms with E-state index in [1.807, 2.05) is 19.9 Å². The third-order valence-electron chi connectivity index (χ3n) is 5.16. The van der Waals surface area contributed by atoms with Crippen LogP contribution in [0.3, 0.4) is 0 Å². The van der Waals surface area contributed by atoms with Gasteiger partial charge < -0.3 is 4.90 Å². The highest BCUT2D eigenvalue weighted by atomic mass is 79.9. The zero-order valence-electron chi connectivity index (χ0n) is 15.7. The zero-order valence-corrected chi connectivity index (χ0v) is 18.1. The Bertz CT molecular complexity index is 913. The van der Waals surface area contributed by atoms with Gasteiger partial charge in [0.15, 0.2) is 0 Å². The van der Waals surface area contributed by atoms with E-state index in [0.29, 0.717) is 35.5 Å². The maximum absolute atomic E-state index is 13.1. The van der Waals surface area contributed by atoms with Gasteiger partial charge in [-0.1, -0.05) is 18.2 Å². The van der Waals surface area contributed by atoms with Crippen molar-refractivity contribution in [2.24, 2.45) is 0 Å². The van der Waals surface area contributed by atoms with E-state index in [-0.39, 0.29) is 0 Å². The van der Waals surface area contributed by atoms with Gasteiger partial charge in [-0.2, -0.15) is 4.31 Å². The van der Waals surface area contributed by atoms with E-state index >= 15 is 0 Å². The molecular weight excluding hydrogens is 412 g/mol. The number of aryl methyl sites for hydroxylation is 4. The summed E-state index contributed by atoms with van der Waals surface area (Å²) < 4.78 is 28.5. The van der Waals surface area contributed by atoms with E-state index in [0.717, 1.165) is 11.1 Å². The highest BCUT2D eigenvalue weighted by molar-refractivity contribution is 9.10. The first-order chi connectivity index (χ1) is 12.2. The van der Waals surface area contributed by atoms with Crippen molar-refractivity contribution in [3.05, 3.63) is 57.1 Å². The Morgan fingerprint density at radius 1 is 0.846 bits per heavy atom. The van der Waals surface area contributed by atoms with Crippen LogP contribution in [0.4, 0.5) is 5.69 Å². The Labute approximate surface area is 165 Å². The second-order valence-electron chi connectivity index (χ2n) is 7.00. The molecule has 4 nitrogen and oxygen atoms in total. The lowest BCUT2D eigenvalue weighted by atomic mass is 10.1. The molecule has 0 radical (unpaired) electrons. The maximum Gasteiger partial charge on any atom is 0.244 e. The lowest BCUT2D eigenvalue weighted by molar-refractivity contribution is 0.384. The first kappa shape index (κ1) is 19.4. The van der Waals surface area contributed by atoms with Crippen molar-refractivity contribution in [2.45, 2.75) is 32.6 Å². The number of benzene rings is 2. The van der Waals surface area contributed by atoms with Crippen molar-refractivity contribution < 1.29 is 8.42 Å². The van der Waals surface area contributed by atoms with Gasteiger partial charge in [-0.25, -0.2) is 8.42 Å². The molecule has 0 atom stereocenters. The number of para-hydroxylation sites is 1. The molecule has 2 aromatic carbocycles. The number of nitrogens with zero attached hydrogens (tertiary/aromatic N) is 2. The molecule has 6 heteroatoms. The third kappa shape index (κ3) is 3.55. The van der Waals surface area contributed by atoms with E-state index < -0.39 is 10.0 Å². The fourth-order valence-electron chi connectivity index (χ4n) is 3.55. The third-order valence-corrected chi connectivity index (χ3v) is 8.02. The molecule has 0 spiro atoms. The minimum atomic E-state index is -3.50. The van der Waals surface area contributed by atoms with Gasteiger partial charge in [0, 0.05) is 36.3 Å². The van der Waals surface area contributed by atoms with Crippen LogP contribution in [0.5, 0.6) is 0 Å². The molecule has 1 heterocycles. The second-order valence-corrected chi connectivity index (χ2v) is 9.76. The SMILES string of the molecule is Cc1cc(Br)c(S(=O)(=O)N2CCN(c3c(C)cccc3C)CC2)cc1C. The topological polar surface area (TPSA) is 40.6 Å². The summed E-state index contributed by atoms with van der Waals surface area (Å²) in [4.78, 5) is 2.66. The lowest BCUT2D eigenvalue weighted by Crippen LogP contribution is -2.49. The smallest absolute Gasteiger partial charge is 0.244 e. The Kier molecular flexibility index (Phi) is 5.47. The van der Waals surface area contributed by atoms with Crippen LogP contribution in [-0.4, -0.2) is 38.9 Å². The summed E-state index contributed by atoms with van der Waals surface area (Å²) in [5, 5.41) is 0. The number of piperazine rings is 1. The van der Waals surface area contributed by atoms with E-state index in [1.165, 1.54) is 16.8 Å². The van der Waals surface area contributed by atoms with Crippen molar-refractivity contribution in [1.82, 2.24) is 4.31 Å². The van der Waals surface area contributed by atoms with Crippen LogP contribution >= 0.6 is 15.9 Å². The van der Waals surface area contributed by atoms with E-state index in [1.54, 1.807) is 10.4 Å². The minimum Gasteiger partial charge on any atom is -0.368 e. The predicted octanol–water partition coefficient (Wildman–Crippen LogP) is 4.19. The van der Waals surface area contributed by atoms with Gasteiger partial charge >= 0.3 is 0 Å². The van der Waals surface area contributed by atoms with Gasteiger partial charge in [0.05, 0.1) is 4.90 Å². The summed E-state index contributed by atoms with van der Waals surface area (Å²) in [6.45, 7) is 10.5. The van der Waals surface area contributed by atoms with Crippen LogP contribution in [0.15, 0.2) is 39.7 Å². The van der Waals surface area contributed by atoms with E-state index in [4.69, 9.17) is 0 Å². The highest BCUT2D eigenvalue weighted by Crippen LogP contribution is 2.30.